The Labute approximate surface area is 80.2 Å². The number of hydrogen-bond acceptors (Lipinski definition) is 1. The number of rotatable bonds is 3. The Morgan fingerprint density at radius 1 is 1.54 bits per heavy atom. The lowest BCUT2D eigenvalue weighted by Crippen LogP contribution is -2.10. The molecule has 2 aliphatic rings. The highest BCUT2D eigenvalue weighted by Gasteiger charge is 2.41. The van der Waals surface area contributed by atoms with Crippen LogP contribution in [0.2, 0.25) is 0 Å². The van der Waals surface area contributed by atoms with Gasteiger partial charge in [-0.1, -0.05) is 31.9 Å². The number of unbranched alkanes of at least 4 members (excludes halogenated alkanes) is 1. The Kier molecular flexibility index (Phi) is 2.52. The molecule has 2 rings (SSSR count). The first-order chi connectivity index (χ1) is 6.33. The highest BCUT2D eigenvalue weighted by Crippen LogP contribution is 2.43. The van der Waals surface area contributed by atoms with Crippen LogP contribution < -0.4 is 0 Å². The average molecular weight is 178 g/mol. The van der Waals surface area contributed by atoms with Gasteiger partial charge in [0.1, 0.15) is 5.78 Å². The molecule has 0 bridgehead atoms. The third kappa shape index (κ3) is 1.56. The van der Waals surface area contributed by atoms with E-state index in [-0.39, 0.29) is 0 Å². The van der Waals surface area contributed by atoms with Gasteiger partial charge in [0.15, 0.2) is 0 Å². The predicted octanol–water partition coefficient (Wildman–Crippen LogP) is 2.96. The van der Waals surface area contributed by atoms with Gasteiger partial charge in [0.2, 0.25) is 0 Å². The molecular formula is C12H18O. The summed E-state index contributed by atoms with van der Waals surface area (Å²) in [6.07, 6.45) is 10.2. The molecule has 13 heavy (non-hydrogen) atoms. The second-order valence-electron chi connectivity index (χ2n) is 4.43. The monoisotopic (exact) mass is 178 g/mol. The zero-order valence-corrected chi connectivity index (χ0v) is 8.33. The van der Waals surface area contributed by atoms with Crippen molar-refractivity contribution >= 4 is 5.78 Å². The molecule has 2 aliphatic carbocycles. The molecule has 0 aromatic rings. The number of carbonyl (C=O) groups excluding carboxylic acids is 1. The summed E-state index contributed by atoms with van der Waals surface area (Å²) < 4.78 is 0. The van der Waals surface area contributed by atoms with Gasteiger partial charge in [-0.2, -0.15) is 0 Å². The maximum absolute atomic E-state index is 11.6. The van der Waals surface area contributed by atoms with Crippen molar-refractivity contribution in [1.82, 2.24) is 0 Å². The first-order valence-corrected chi connectivity index (χ1v) is 5.52. The van der Waals surface area contributed by atoms with Crippen LogP contribution in [0, 0.1) is 17.8 Å². The van der Waals surface area contributed by atoms with E-state index in [1.54, 1.807) is 0 Å². The number of carbonyl (C=O) groups is 1. The van der Waals surface area contributed by atoms with Gasteiger partial charge in [0, 0.05) is 12.3 Å². The number of Topliss-reactive ketones (excluding diaryl/α,β-unsaturated/α-hetero) is 1. The second kappa shape index (κ2) is 3.65. The van der Waals surface area contributed by atoms with Crippen molar-refractivity contribution in [3.63, 3.8) is 0 Å². The van der Waals surface area contributed by atoms with Gasteiger partial charge in [0.25, 0.3) is 0 Å². The molecule has 0 spiro atoms. The van der Waals surface area contributed by atoms with Crippen LogP contribution >= 0.6 is 0 Å². The lowest BCUT2D eigenvalue weighted by molar-refractivity contribution is -0.119. The average Bonchev–Trinajstić information content (AvgIpc) is 2.67. The van der Waals surface area contributed by atoms with Crippen LogP contribution in [0.4, 0.5) is 0 Å². The maximum atomic E-state index is 11.6. The summed E-state index contributed by atoms with van der Waals surface area (Å²) in [5.41, 5.74) is 0. The number of allylic oxidation sites excluding steroid dienone is 2. The fourth-order valence-electron chi connectivity index (χ4n) is 2.83. The Hall–Kier alpha value is -0.590. The molecule has 3 atom stereocenters. The minimum absolute atomic E-state index is 0.307. The zero-order chi connectivity index (χ0) is 9.26. The minimum Gasteiger partial charge on any atom is -0.299 e. The van der Waals surface area contributed by atoms with Gasteiger partial charge in [-0.3, -0.25) is 4.79 Å². The van der Waals surface area contributed by atoms with E-state index in [1.807, 2.05) is 0 Å². The number of ketones is 1. The van der Waals surface area contributed by atoms with Crippen LogP contribution in [-0.4, -0.2) is 5.78 Å². The van der Waals surface area contributed by atoms with Crippen molar-refractivity contribution in [3.8, 4) is 0 Å². The molecule has 72 valence electrons. The first-order valence-electron chi connectivity index (χ1n) is 5.52. The van der Waals surface area contributed by atoms with E-state index in [0.29, 0.717) is 23.5 Å². The van der Waals surface area contributed by atoms with Crippen LogP contribution in [0.1, 0.15) is 39.0 Å². The molecule has 1 heteroatoms. The van der Waals surface area contributed by atoms with Crippen molar-refractivity contribution < 1.29 is 4.79 Å². The molecule has 0 aliphatic heterocycles. The number of fused-ring (bicyclic) bond motifs is 1. The van der Waals surface area contributed by atoms with Crippen LogP contribution in [0.5, 0.6) is 0 Å². The van der Waals surface area contributed by atoms with Crippen LogP contribution in [0.25, 0.3) is 0 Å². The summed E-state index contributed by atoms with van der Waals surface area (Å²) in [4.78, 5) is 11.6. The Bertz CT molecular complexity index is 229. The molecule has 1 saturated carbocycles. The highest BCUT2D eigenvalue weighted by molar-refractivity contribution is 5.86. The topological polar surface area (TPSA) is 17.1 Å². The Morgan fingerprint density at radius 3 is 3.15 bits per heavy atom. The molecule has 0 radical (unpaired) electrons. The van der Waals surface area contributed by atoms with Gasteiger partial charge in [-0.25, -0.2) is 0 Å². The minimum atomic E-state index is 0.307. The molecule has 1 nitrogen and oxygen atoms in total. The van der Waals surface area contributed by atoms with E-state index < -0.39 is 0 Å². The van der Waals surface area contributed by atoms with E-state index >= 15 is 0 Å². The zero-order valence-electron chi connectivity index (χ0n) is 8.33. The van der Waals surface area contributed by atoms with Gasteiger partial charge in [-0.15, -0.1) is 0 Å². The van der Waals surface area contributed by atoms with E-state index in [0.717, 1.165) is 12.8 Å². The highest BCUT2D eigenvalue weighted by atomic mass is 16.1. The van der Waals surface area contributed by atoms with Gasteiger partial charge >= 0.3 is 0 Å². The van der Waals surface area contributed by atoms with Crippen molar-refractivity contribution in [2.45, 2.75) is 39.0 Å². The number of hydrogen-bond donors (Lipinski definition) is 0. The summed E-state index contributed by atoms with van der Waals surface area (Å²) >= 11 is 0. The second-order valence-corrected chi connectivity index (χ2v) is 4.43. The summed E-state index contributed by atoms with van der Waals surface area (Å²) in [6.45, 7) is 2.22. The fourth-order valence-corrected chi connectivity index (χ4v) is 2.83. The van der Waals surface area contributed by atoms with Crippen molar-refractivity contribution in [1.29, 1.82) is 0 Å². The summed E-state index contributed by atoms with van der Waals surface area (Å²) in [6, 6.07) is 0. The summed E-state index contributed by atoms with van der Waals surface area (Å²) in [5, 5.41) is 0. The SMILES string of the molecule is CCCCC1CC(=O)C2C=CCC12. The molecule has 0 amide bonds. The lowest BCUT2D eigenvalue weighted by atomic mass is 9.88. The molecule has 0 aromatic heterocycles. The molecule has 0 heterocycles. The first kappa shape index (κ1) is 8.98. The van der Waals surface area contributed by atoms with Crippen LogP contribution in [0.15, 0.2) is 12.2 Å². The van der Waals surface area contributed by atoms with E-state index in [1.165, 1.54) is 19.3 Å². The fraction of sp³-hybridized carbons (Fsp3) is 0.750. The van der Waals surface area contributed by atoms with E-state index in [4.69, 9.17) is 0 Å². The third-order valence-corrected chi connectivity index (χ3v) is 3.58. The molecule has 0 saturated heterocycles. The molecule has 0 aromatic carbocycles. The van der Waals surface area contributed by atoms with Crippen molar-refractivity contribution in [3.05, 3.63) is 12.2 Å². The van der Waals surface area contributed by atoms with Crippen LogP contribution in [-0.2, 0) is 4.79 Å². The normalized spacial score (nSPS) is 37.0. The van der Waals surface area contributed by atoms with Gasteiger partial charge in [0.05, 0.1) is 0 Å². The molecule has 3 unspecified atom stereocenters. The molecular weight excluding hydrogens is 160 g/mol. The quantitative estimate of drug-likeness (QED) is 0.607. The smallest absolute Gasteiger partial charge is 0.140 e. The lowest BCUT2D eigenvalue weighted by Gasteiger charge is -2.16. The van der Waals surface area contributed by atoms with Gasteiger partial charge in [-0.05, 0) is 24.7 Å². The van der Waals surface area contributed by atoms with E-state index in [2.05, 4.69) is 19.1 Å². The molecule has 0 N–H and O–H groups in total. The Morgan fingerprint density at radius 2 is 2.38 bits per heavy atom. The van der Waals surface area contributed by atoms with Crippen LogP contribution in [0.3, 0.4) is 0 Å². The van der Waals surface area contributed by atoms with E-state index in [9.17, 15) is 4.79 Å². The standard InChI is InChI=1S/C12H18O/c1-2-3-5-9-8-12(13)11-7-4-6-10(9)11/h4,7,9-11H,2-3,5-6,8H2,1H3. The maximum Gasteiger partial charge on any atom is 0.140 e. The largest absolute Gasteiger partial charge is 0.299 e. The summed E-state index contributed by atoms with van der Waals surface area (Å²) in [5.74, 6) is 2.19. The Balaban J connectivity index is 1.96. The van der Waals surface area contributed by atoms with Crippen molar-refractivity contribution in [2.75, 3.05) is 0 Å². The third-order valence-electron chi connectivity index (χ3n) is 3.58. The van der Waals surface area contributed by atoms with Gasteiger partial charge < -0.3 is 0 Å². The van der Waals surface area contributed by atoms with Crippen molar-refractivity contribution in [2.24, 2.45) is 17.8 Å². The predicted molar refractivity (Wildman–Crippen MR) is 53.4 cm³/mol. The molecule has 1 fully saturated rings. The summed E-state index contributed by atoms with van der Waals surface area (Å²) in [7, 11) is 0.